The Bertz CT molecular complexity index is 322. The zero-order chi connectivity index (χ0) is 10.7. The van der Waals surface area contributed by atoms with Crippen LogP contribution in [0.4, 0.5) is 0 Å². The molecule has 2 heteroatoms. The van der Waals surface area contributed by atoms with Gasteiger partial charge in [-0.3, -0.25) is 4.90 Å². The first-order chi connectivity index (χ1) is 7.29. The van der Waals surface area contributed by atoms with E-state index < -0.39 is 0 Å². The molecule has 1 saturated heterocycles. The van der Waals surface area contributed by atoms with Crippen molar-refractivity contribution in [1.29, 1.82) is 0 Å². The number of likely N-dealkylation sites (N-methyl/N-ethyl adjacent to an activating group) is 1. The number of nitrogens with one attached hydrogen (secondary N) is 1. The van der Waals surface area contributed by atoms with E-state index >= 15 is 0 Å². The second kappa shape index (κ2) is 4.77. The quantitative estimate of drug-likeness (QED) is 0.807. The SMILES string of the molecule is CNC1CCN(Cc2ccccc2C)C1. The maximum atomic E-state index is 3.35. The minimum Gasteiger partial charge on any atom is -0.316 e. The Kier molecular flexibility index (Phi) is 3.39. The van der Waals surface area contributed by atoms with Crippen LogP contribution in [0.3, 0.4) is 0 Å². The van der Waals surface area contributed by atoms with Gasteiger partial charge in [-0.25, -0.2) is 0 Å². The number of likely N-dealkylation sites (tertiary alicyclic amines) is 1. The van der Waals surface area contributed by atoms with Gasteiger partial charge in [-0.1, -0.05) is 24.3 Å². The molecule has 1 atom stereocenters. The minimum atomic E-state index is 0.689. The van der Waals surface area contributed by atoms with Crippen LogP contribution in [0.5, 0.6) is 0 Å². The lowest BCUT2D eigenvalue weighted by atomic mass is 10.1. The van der Waals surface area contributed by atoms with Crippen molar-refractivity contribution in [2.45, 2.75) is 25.9 Å². The Balaban J connectivity index is 1.96. The average molecular weight is 204 g/mol. The zero-order valence-corrected chi connectivity index (χ0v) is 9.66. The van der Waals surface area contributed by atoms with Crippen molar-refractivity contribution in [2.24, 2.45) is 0 Å². The molecule has 1 aromatic rings. The molecular formula is C13H20N2. The van der Waals surface area contributed by atoms with Gasteiger partial charge in [0.25, 0.3) is 0 Å². The molecule has 0 saturated carbocycles. The van der Waals surface area contributed by atoms with Crippen LogP contribution in [0.25, 0.3) is 0 Å². The summed E-state index contributed by atoms with van der Waals surface area (Å²) in [5.41, 5.74) is 2.87. The van der Waals surface area contributed by atoms with E-state index in [0.717, 1.165) is 6.54 Å². The summed E-state index contributed by atoms with van der Waals surface area (Å²) in [5, 5.41) is 3.35. The van der Waals surface area contributed by atoms with Gasteiger partial charge in [-0.15, -0.1) is 0 Å². The first kappa shape index (κ1) is 10.7. The van der Waals surface area contributed by atoms with Crippen molar-refractivity contribution in [1.82, 2.24) is 10.2 Å². The molecular weight excluding hydrogens is 184 g/mol. The maximum absolute atomic E-state index is 3.35. The second-order valence-electron chi connectivity index (χ2n) is 4.44. The lowest BCUT2D eigenvalue weighted by Gasteiger charge is -2.17. The fourth-order valence-corrected chi connectivity index (χ4v) is 2.24. The molecule has 1 N–H and O–H groups in total. The highest BCUT2D eigenvalue weighted by Gasteiger charge is 2.20. The minimum absolute atomic E-state index is 0.689. The number of benzene rings is 1. The normalized spacial score (nSPS) is 22.1. The molecule has 1 aliphatic heterocycles. The van der Waals surface area contributed by atoms with Gasteiger partial charge >= 0.3 is 0 Å². The molecule has 0 radical (unpaired) electrons. The molecule has 0 aliphatic carbocycles. The van der Waals surface area contributed by atoms with Gasteiger partial charge in [0.15, 0.2) is 0 Å². The summed E-state index contributed by atoms with van der Waals surface area (Å²) < 4.78 is 0. The summed E-state index contributed by atoms with van der Waals surface area (Å²) in [6.45, 7) is 5.70. The van der Waals surface area contributed by atoms with E-state index in [1.807, 2.05) is 0 Å². The number of hydrogen-bond donors (Lipinski definition) is 1. The van der Waals surface area contributed by atoms with Gasteiger partial charge < -0.3 is 5.32 Å². The number of rotatable bonds is 3. The highest BCUT2D eigenvalue weighted by atomic mass is 15.2. The Morgan fingerprint density at radius 1 is 1.40 bits per heavy atom. The number of nitrogens with zero attached hydrogens (tertiary/aromatic N) is 1. The van der Waals surface area contributed by atoms with Crippen molar-refractivity contribution in [2.75, 3.05) is 20.1 Å². The first-order valence-corrected chi connectivity index (χ1v) is 5.73. The van der Waals surface area contributed by atoms with Gasteiger partial charge in [0.05, 0.1) is 0 Å². The molecule has 1 aliphatic rings. The van der Waals surface area contributed by atoms with E-state index in [9.17, 15) is 0 Å². The molecule has 0 aromatic heterocycles. The summed E-state index contributed by atoms with van der Waals surface area (Å²) in [7, 11) is 2.06. The highest BCUT2D eigenvalue weighted by Crippen LogP contribution is 2.15. The van der Waals surface area contributed by atoms with Crippen LogP contribution in [0.2, 0.25) is 0 Å². The fourth-order valence-electron chi connectivity index (χ4n) is 2.24. The van der Waals surface area contributed by atoms with Gasteiger partial charge in [0.1, 0.15) is 0 Å². The van der Waals surface area contributed by atoms with Crippen molar-refractivity contribution in [3.63, 3.8) is 0 Å². The van der Waals surface area contributed by atoms with Crippen LogP contribution in [0.15, 0.2) is 24.3 Å². The van der Waals surface area contributed by atoms with Crippen molar-refractivity contribution >= 4 is 0 Å². The van der Waals surface area contributed by atoms with Gasteiger partial charge in [-0.2, -0.15) is 0 Å². The van der Waals surface area contributed by atoms with Gasteiger partial charge in [0, 0.05) is 25.7 Å². The van der Waals surface area contributed by atoms with Crippen LogP contribution < -0.4 is 5.32 Å². The molecule has 2 nitrogen and oxygen atoms in total. The molecule has 1 heterocycles. The summed E-state index contributed by atoms with van der Waals surface area (Å²) in [5.74, 6) is 0. The van der Waals surface area contributed by atoms with Crippen molar-refractivity contribution in [3.05, 3.63) is 35.4 Å². The lowest BCUT2D eigenvalue weighted by Crippen LogP contribution is -2.29. The fraction of sp³-hybridized carbons (Fsp3) is 0.538. The molecule has 82 valence electrons. The van der Waals surface area contributed by atoms with Crippen LogP contribution in [-0.2, 0) is 6.54 Å². The largest absolute Gasteiger partial charge is 0.316 e. The van der Waals surface area contributed by atoms with Crippen LogP contribution in [-0.4, -0.2) is 31.1 Å². The third-order valence-electron chi connectivity index (χ3n) is 3.34. The van der Waals surface area contributed by atoms with E-state index in [2.05, 4.69) is 48.5 Å². The summed E-state index contributed by atoms with van der Waals surface area (Å²) in [6.07, 6.45) is 1.28. The number of aryl methyl sites for hydroxylation is 1. The summed E-state index contributed by atoms with van der Waals surface area (Å²) in [4.78, 5) is 2.53. The predicted molar refractivity (Wildman–Crippen MR) is 63.9 cm³/mol. The van der Waals surface area contributed by atoms with Gasteiger partial charge in [-0.05, 0) is 31.5 Å². The molecule has 0 amide bonds. The van der Waals surface area contributed by atoms with Crippen molar-refractivity contribution in [3.8, 4) is 0 Å². The molecule has 0 spiro atoms. The average Bonchev–Trinajstić information content (AvgIpc) is 2.69. The van der Waals surface area contributed by atoms with E-state index in [1.165, 1.54) is 30.6 Å². The molecule has 1 unspecified atom stereocenters. The van der Waals surface area contributed by atoms with E-state index in [1.54, 1.807) is 0 Å². The molecule has 0 bridgehead atoms. The Morgan fingerprint density at radius 2 is 2.20 bits per heavy atom. The smallest absolute Gasteiger partial charge is 0.0237 e. The Hall–Kier alpha value is -0.860. The molecule has 1 fully saturated rings. The molecule has 1 aromatic carbocycles. The monoisotopic (exact) mass is 204 g/mol. The first-order valence-electron chi connectivity index (χ1n) is 5.73. The Labute approximate surface area is 92.3 Å². The van der Waals surface area contributed by atoms with Crippen LogP contribution in [0.1, 0.15) is 17.5 Å². The third-order valence-corrected chi connectivity index (χ3v) is 3.34. The topological polar surface area (TPSA) is 15.3 Å². The second-order valence-corrected chi connectivity index (χ2v) is 4.44. The summed E-state index contributed by atoms with van der Waals surface area (Å²) >= 11 is 0. The molecule has 15 heavy (non-hydrogen) atoms. The predicted octanol–water partition coefficient (Wildman–Crippen LogP) is 1.79. The van der Waals surface area contributed by atoms with Crippen molar-refractivity contribution < 1.29 is 0 Å². The third kappa shape index (κ3) is 2.58. The standard InChI is InChI=1S/C13H20N2/c1-11-5-3-4-6-12(11)9-15-8-7-13(10-15)14-2/h3-6,13-14H,7-10H2,1-2H3. The zero-order valence-electron chi connectivity index (χ0n) is 9.66. The lowest BCUT2D eigenvalue weighted by molar-refractivity contribution is 0.322. The van der Waals surface area contributed by atoms with Gasteiger partial charge in [0.2, 0.25) is 0 Å². The van der Waals surface area contributed by atoms with Crippen LogP contribution >= 0.6 is 0 Å². The summed E-state index contributed by atoms with van der Waals surface area (Å²) in [6, 6.07) is 9.37. The van der Waals surface area contributed by atoms with E-state index in [-0.39, 0.29) is 0 Å². The maximum Gasteiger partial charge on any atom is 0.0237 e. The Morgan fingerprint density at radius 3 is 2.87 bits per heavy atom. The van der Waals surface area contributed by atoms with E-state index in [0.29, 0.717) is 6.04 Å². The highest BCUT2D eigenvalue weighted by molar-refractivity contribution is 5.25. The molecule has 2 rings (SSSR count). The van der Waals surface area contributed by atoms with E-state index in [4.69, 9.17) is 0 Å². The number of hydrogen-bond acceptors (Lipinski definition) is 2. The van der Waals surface area contributed by atoms with Crippen LogP contribution in [0, 0.1) is 6.92 Å².